The van der Waals surface area contributed by atoms with E-state index in [0.717, 1.165) is 34.8 Å². The lowest BCUT2D eigenvalue weighted by molar-refractivity contribution is -0.385. The van der Waals surface area contributed by atoms with Crippen LogP contribution in [0.1, 0.15) is 49.3 Å². The van der Waals surface area contributed by atoms with Crippen molar-refractivity contribution in [3.8, 4) is 5.75 Å². The lowest BCUT2D eigenvalue weighted by Gasteiger charge is -2.37. The zero-order valence-corrected chi connectivity index (χ0v) is 33.9. The van der Waals surface area contributed by atoms with Crippen molar-refractivity contribution in [3.05, 3.63) is 124 Å². The average molecular weight is 791 g/mol. The molecule has 1 spiro atoms. The topological polar surface area (TPSA) is 143 Å². The standard InChI is InChI=1S/C44H50N4O8Si/c1-30-42(57(3,4)36-20-18-35(55-2)19-21-36)39(27-41(51)45(24-25-49)28-31-10-6-5-7-11-31)56-44(30)37-26-34(48(53)54)17-22-38(37)47(43(44)52)29-32-13-15-33(16-14-32)46-23-9-8-12-40(46)50/h5-7,10-11,13-22,26,30,39,42,49H,8-9,12,23-25,27-29H2,1-4H3/t30-,39+,42-,44+/m1/s1. The van der Waals surface area contributed by atoms with E-state index in [2.05, 4.69) is 13.1 Å². The summed E-state index contributed by atoms with van der Waals surface area (Å²) in [5.74, 6) is -0.249. The third-order valence-electron chi connectivity index (χ3n) is 12.3. The minimum atomic E-state index is -2.64. The minimum absolute atomic E-state index is 0.0512. The highest BCUT2D eigenvalue weighted by molar-refractivity contribution is 6.91. The van der Waals surface area contributed by atoms with Gasteiger partial charge in [-0.25, -0.2) is 0 Å². The van der Waals surface area contributed by atoms with Gasteiger partial charge < -0.3 is 29.3 Å². The van der Waals surface area contributed by atoms with Crippen LogP contribution in [-0.4, -0.2) is 73.6 Å². The van der Waals surface area contributed by atoms with Crippen LogP contribution >= 0.6 is 0 Å². The smallest absolute Gasteiger partial charge is 0.269 e. The number of amides is 3. The van der Waals surface area contributed by atoms with Gasteiger partial charge in [-0.15, -0.1) is 0 Å². The molecule has 0 radical (unpaired) electrons. The molecular weight excluding hydrogens is 741 g/mol. The Morgan fingerprint density at radius 2 is 1.72 bits per heavy atom. The highest BCUT2D eigenvalue weighted by Crippen LogP contribution is 2.60. The molecule has 4 aromatic rings. The molecule has 0 saturated carbocycles. The summed E-state index contributed by atoms with van der Waals surface area (Å²) in [7, 11) is -1.03. The predicted molar refractivity (Wildman–Crippen MR) is 220 cm³/mol. The Kier molecular flexibility index (Phi) is 11.4. The largest absolute Gasteiger partial charge is 0.497 e. The highest BCUT2D eigenvalue weighted by Gasteiger charge is 2.66. The van der Waals surface area contributed by atoms with Gasteiger partial charge in [-0.3, -0.25) is 24.5 Å². The van der Waals surface area contributed by atoms with Crippen molar-refractivity contribution in [3.63, 3.8) is 0 Å². The number of anilines is 2. The highest BCUT2D eigenvalue weighted by atomic mass is 28.3. The second-order valence-corrected chi connectivity index (χ2v) is 20.6. The number of non-ortho nitro benzene ring substituents is 1. The van der Waals surface area contributed by atoms with E-state index in [0.29, 0.717) is 36.5 Å². The van der Waals surface area contributed by atoms with Gasteiger partial charge in [-0.05, 0) is 59.8 Å². The Morgan fingerprint density at radius 1 is 1.00 bits per heavy atom. The fraction of sp³-hybridized carbons (Fsp3) is 0.386. The Balaban J connectivity index is 1.28. The molecule has 13 heteroatoms. The van der Waals surface area contributed by atoms with Crippen molar-refractivity contribution in [2.75, 3.05) is 36.6 Å². The molecule has 3 amide bonds. The molecule has 4 aromatic carbocycles. The van der Waals surface area contributed by atoms with Crippen LogP contribution in [0.5, 0.6) is 5.75 Å². The second kappa shape index (κ2) is 16.2. The van der Waals surface area contributed by atoms with E-state index in [4.69, 9.17) is 9.47 Å². The molecule has 0 aliphatic carbocycles. The third kappa shape index (κ3) is 7.47. The van der Waals surface area contributed by atoms with Crippen molar-refractivity contribution in [1.82, 2.24) is 4.90 Å². The minimum Gasteiger partial charge on any atom is -0.497 e. The quantitative estimate of drug-likeness (QED) is 0.0946. The summed E-state index contributed by atoms with van der Waals surface area (Å²) in [6.45, 7) is 7.44. The number of hydrogen-bond donors (Lipinski definition) is 1. The first-order valence-electron chi connectivity index (χ1n) is 19.6. The number of benzene rings is 4. The van der Waals surface area contributed by atoms with Crippen LogP contribution in [0.3, 0.4) is 0 Å². The number of methoxy groups -OCH3 is 1. The number of nitrogens with zero attached hydrogens (tertiary/aromatic N) is 4. The van der Waals surface area contributed by atoms with Gasteiger partial charge in [0.1, 0.15) is 5.75 Å². The SMILES string of the molecule is COc1ccc([Si](C)(C)[C@H]2[C@H](CC(=O)N(CCO)Cc3ccccc3)O[C@@]3(C(=O)N(Cc4ccc(N5CCCCC5=O)cc4)c4ccc([N+](=O)[O-])cc43)[C@@H]2C)cc1. The van der Waals surface area contributed by atoms with Gasteiger partial charge in [-0.2, -0.15) is 0 Å². The van der Waals surface area contributed by atoms with Crippen LogP contribution in [0, 0.1) is 16.0 Å². The van der Waals surface area contributed by atoms with Gasteiger partial charge in [0.25, 0.3) is 11.6 Å². The Hall–Kier alpha value is -5.37. The summed E-state index contributed by atoms with van der Waals surface area (Å²) in [5.41, 5.74) is 1.41. The first-order chi connectivity index (χ1) is 27.4. The lowest BCUT2D eigenvalue weighted by Crippen LogP contribution is -2.52. The number of fused-ring (bicyclic) bond motifs is 2. The zero-order valence-electron chi connectivity index (χ0n) is 32.9. The molecule has 3 aliphatic heterocycles. The number of carbonyl (C=O) groups excluding carboxylic acids is 3. The van der Waals surface area contributed by atoms with Gasteiger partial charge >= 0.3 is 0 Å². The number of carbonyl (C=O) groups is 3. The number of aliphatic hydroxyl groups is 1. The van der Waals surface area contributed by atoms with Gasteiger partial charge in [-0.1, -0.05) is 79.8 Å². The van der Waals surface area contributed by atoms with Crippen molar-refractivity contribution in [2.24, 2.45) is 5.92 Å². The maximum atomic E-state index is 15.3. The van der Waals surface area contributed by atoms with Crippen LogP contribution in [-0.2, 0) is 37.8 Å². The Labute approximate surface area is 334 Å². The van der Waals surface area contributed by atoms with E-state index in [1.54, 1.807) is 27.9 Å². The maximum absolute atomic E-state index is 15.3. The van der Waals surface area contributed by atoms with E-state index in [-0.39, 0.29) is 55.1 Å². The molecule has 57 heavy (non-hydrogen) atoms. The number of piperidine rings is 1. The van der Waals surface area contributed by atoms with E-state index >= 15 is 4.79 Å². The van der Waals surface area contributed by atoms with Crippen LogP contribution in [0.15, 0.2) is 97.1 Å². The Morgan fingerprint density at radius 3 is 2.37 bits per heavy atom. The van der Waals surface area contributed by atoms with Gasteiger partial charge in [0.2, 0.25) is 11.8 Å². The Bertz CT molecular complexity index is 2130. The molecule has 1 N–H and O–H groups in total. The molecule has 12 nitrogen and oxygen atoms in total. The predicted octanol–water partition coefficient (Wildman–Crippen LogP) is 6.29. The first kappa shape index (κ1) is 39.8. The molecule has 2 fully saturated rings. The fourth-order valence-electron chi connectivity index (χ4n) is 9.33. The second-order valence-electron chi connectivity index (χ2n) is 15.9. The number of rotatable bonds is 13. The third-order valence-corrected chi connectivity index (χ3v) is 16.6. The maximum Gasteiger partial charge on any atom is 0.269 e. The molecule has 298 valence electrons. The van der Waals surface area contributed by atoms with E-state index in [1.165, 1.54) is 12.1 Å². The lowest BCUT2D eigenvalue weighted by atomic mass is 9.82. The van der Waals surface area contributed by atoms with Gasteiger partial charge in [0.15, 0.2) is 5.60 Å². The summed E-state index contributed by atoms with van der Waals surface area (Å²) in [5, 5.41) is 23.3. The van der Waals surface area contributed by atoms with Gasteiger partial charge in [0.05, 0.1) is 51.5 Å². The van der Waals surface area contributed by atoms with E-state index in [9.17, 15) is 24.8 Å². The first-order valence-corrected chi connectivity index (χ1v) is 22.7. The number of nitro benzene ring substituents is 1. The molecular formula is C44H50N4O8Si. The van der Waals surface area contributed by atoms with Crippen LogP contribution in [0.2, 0.25) is 18.6 Å². The van der Waals surface area contributed by atoms with Gasteiger partial charge in [0, 0.05) is 55.4 Å². The molecule has 0 aromatic heterocycles. The van der Waals surface area contributed by atoms with Crippen molar-refractivity contribution in [2.45, 2.75) is 76.0 Å². The molecule has 0 unspecified atom stereocenters. The van der Waals surface area contributed by atoms with E-state index in [1.807, 2.05) is 85.8 Å². The van der Waals surface area contributed by atoms with Crippen molar-refractivity contribution >= 4 is 48.0 Å². The summed E-state index contributed by atoms with van der Waals surface area (Å²) in [6.07, 6.45) is 1.56. The molecule has 0 bridgehead atoms. The normalized spacial score (nSPS) is 21.9. The summed E-state index contributed by atoms with van der Waals surface area (Å²) in [6, 6.07) is 29.6. The van der Waals surface area contributed by atoms with Crippen molar-refractivity contribution < 1.29 is 33.9 Å². The van der Waals surface area contributed by atoms with E-state index < -0.39 is 30.6 Å². The summed E-state index contributed by atoms with van der Waals surface area (Å²) < 4.78 is 12.6. The van der Waals surface area contributed by atoms with Crippen LogP contribution in [0.25, 0.3) is 0 Å². The zero-order chi connectivity index (χ0) is 40.5. The molecule has 4 atom stereocenters. The van der Waals surface area contributed by atoms with Crippen LogP contribution in [0.4, 0.5) is 17.1 Å². The van der Waals surface area contributed by atoms with Crippen molar-refractivity contribution in [1.29, 1.82) is 0 Å². The summed E-state index contributed by atoms with van der Waals surface area (Å²) in [4.78, 5) is 59.1. The fourth-order valence-corrected chi connectivity index (χ4v) is 13.3. The van der Waals surface area contributed by atoms with Crippen LogP contribution < -0.4 is 19.7 Å². The number of ether oxygens (including phenoxy) is 2. The number of aliphatic hydroxyl groups excluding tert-OH is 1. The summed E-state index contributed by atoms with van der Waals surface area (Å²) >= 11 is 0. The molecule has 3 heterocycles. The number of hydrogen-bond acceptors (Lipinski definition) is 8. The average Bonchev–Trinajstić information content (AvgIpc) is 3.64. The monoisotopic (exact) mass is 790 g/mol. The number of nitro groups is 1. The molecule has 7 rings (SSSR count). The molecule has 3 aliphatic rings. The molecule has 2 saturated heterocycles.